The van der Waals surface area contributed by atoms with Gasteiger partial charge in [0.1, 0.15) is 6.26 Å². The number of likely N-dealkylation sites (N-methyl/N-ethyl adjacent to an activating group) is 1. The summed E-state index contributed by atoms with van der Waals surface area (Å²) >= 11 is 12.3. The highest BCUT2D eigenvalue weighted by Crippen LogP contribution is 2.27. The summed E-state index contributed by atoms with van der Waals surface area (Å²) in [5.74, 6) is 0.236. The van der Waals surface area contributed by atoms with Gasteiger partial charge in [0.15, 0.2) is 5.69 Å². The van der Waals surface area contributed by atoms with E-state index in [9.17, 15) is 4.79 Å². The first-order chi connectivity index (χ1) is 15.3. The van der Waals surface area contributed by atoms with Crippen LogP contribution in [0.2, 0.25) is 10.0 Å². The van der Waals surface area contributed by atoms with Gasteiger partial charge in [-0.05, 0) is 44.3 Å². The van der Waals surface area contributed by atoms with Gasteiger partial charge in [0, 0.05) is 25.7 Å². The quantitative estimate of drug-likeness (QED) is 0.446. The van der Waals surface area contributed by atoms with Gasteiger partial charge >= 0.3 is 0 Å². The maximum Gasteiger partial charge on any atom is 0.273 e. The molecule has 0 spiro atoms. The molecule has 2 aromatic carbocycles. The second-order valence-corrected chi connectivity index (χ2v) is 8.74. The minimum absolute atomic E-state index is 0.0786. The SMILES string of the molecule is CC(c1ccccc1)N(Cc1ccc(Cl)c(Cl)c1)Cc1nc(C(=O)NCCN(C)C)co1. The summed E-state index contributed by atoms with van der Waals surface area (Å²) in [6.45, 7) is 4.47. The molecule has 0 saturated carbocycles. The molecule has 6 nitrogen and oxygen atoms in total. The Hall–Kier alpha value is -2.38. The molecule has 0 fully saturated rings. The highest BCUT2D eigenvalue weighted by Gasteiger charge is 2.20. The maximum atomic E-state index is 12.3. The van der Waals surface area contributed by atoms with E-state index in [0.29, 0.717) is 35.6 Å². The molecule has 0 radical (unpaired) electrons. The Morgan fingerprint density at radius 1 is 1.09 bits per heavy atom. The van der Waals surface area contributed by atoms with Crippen molar-refractivity contribution in [2.24, 2.45) is 0 Å². The van der Waals surface area contributed by atoms with Gasteiger partial charge in [-0.25, -0.2) is 4.98 Å². The number of carbonyl (C=O) groups excluding carboxylic acids is 1. The molecule has 1 N–H and O–H groups in total. The van der Waals surface area contributed by atoms with Crippen molar-refractivity contribution >= 4 is 29.1 Å². The number of oxazole rings is 1. The van der Waals surface area contributed by atoms with Crippen LogP contribution in [0.3, 0.4) is 0 Å². The van der Waals surface area contributed by atoms with E-state index < -0.39 is 0 Å². The van der Waals surface area contributed by atoms with E-state index in [2.05, 4.69) is 34.3 Å². The lowest BCUT2D eigenvalue weighted by molar-refractivity contribution is 0.0946. The third kappa shape index (κ3) is 6.81. The van der Waals surface area contributed by atoms with Crippen molar-refractivity contribution in [3.05, 3.63) is 87.6 Å². The Kier molecular flexibility index (Phi) is 8.70. The number of nitrogens with zero attached hydrogens (tertiary/aromatic N) is 3. The third-order valence-corrected chi connectivity index (χ3v) is 5.91. The standard InChI is InChI=1S/C24H28Cl2N4O2/c1-17(19-7-5-4-6-8-19)30(14-18-9-10-20(25)21(26)13-18)15-23-28-22(16-32-23)24(31)27-11-12-29(2)3/h4-10,13,16-17H,11-12,14-15H2,1-3H3,(H,27,31). The highest BCUT2D eigenvalue weighted by molar-refractivity contribution is 6.42. The molecule has 3 rings (SSSR count). The summed E-state index contributed by atoms with van der Waals surface area (Å²) < 4.78 is 5.64. The lowest BCUT2D eigenvalue weighted by atomic mass is 10.1. The number of aromatic nitrogens is 1. The fraction of sp³-hybridized carbons (Fsp3) is 0.333. The molecule has 3 aromatic rings. The molecule has 1 aromatic heterocycles. The number of nitrogens with one attached hydrogen (secondary N) is 1. The second kappa shape index (κ2) is 11.5. The van der Waals surface area contributed by atoms with Gasteiger partial charge in [-0.3, -0.25) is 9.69 Å². The molecule has 1 heterocycles. The van der Waals surface area contributed by atoms with Crippen LogP contribution in [-0.4, -0.2) is 47.9 Å². The van der Waals surface area contributed by atoms with Gasteiger partial charge in [-0.2, -0.15) is 0 Å². The van der Waals surface area contributed by atoms with Crippen molar-refractivity contribution < 1.29 is 9.21 Å². The van der Waals surface area contributed by atoms with Crippen LogP contribution in [0.1, 0.15) is 40.5 Å². The zero-order chi connectivity index (χ0) is 23.1. The van der Waals surface area contributed by atoms with Gasteiger partial charge in [-0.1, -0.05) is 59.6 Å². The summed E-state index contributed by atoms with van der Waals surface area (Å²) in [7, 11) is 3.91. The number of hydrogen-bond donors (Lipinski definition) is 1. The monoisotopic (exact) mass is 474 g/mol. The Morgan fingerprint density at radius 3 is 2.53 bits per heavy atom. The van der Waals surface area contributed by atoms with Crippen LogP contribution in [-0.2, 0) is 13.1 Å². The minimum atomic E-state index is -0.242. The first kappa shape index (κ1) is 24.3. The molecule has 8 heteroatoms. The minimum Gasteiger partial charge on any atom is -0.447 e. The lowest BCUT2D eigenvalue weighted by Crippen LogP contribution is -2.31. The van der Waals surface area contributed by atoms with Crippen LogP contribution < -0.4 is 5.32 Å². The van der Waals surface area contributed by atoms with Crippen molar-refractivity contribution in [1.82, 2.24) is 20.1 Å². The van der Waals surface area contributed by atoms with E-state index in [-0.39, 0.29) is 17.6 Å². The Morgan fingerprint density at radius 2 is 1.84 bits per heavy atom. The van der Waals surface area contributed by atoms with Crippen molar-refractivity contribution in [3.63, 3.8) is 0 Å². The van der Waals surface area contributed by atoms with Crippen LogP contribution in [0.4, 0.5) is 0 Å². The summed E-state index contributed by atoms with van der Waals surface area (Å²) in [5, 5.41) is 3.89. The highest BCUT2D eigenvalue weighted by atomic mass is 35.5. The van der Waals surface area contributed by atoms with Crippen molar-refractivity contribution in [3.8, 4) is 0 Å². The maximum absolute atomic E-state index is 12.3. The molecule has 1 unspecified atom stereocenters. The molecule has 0 aliphatic rings. The smallest absolute Gasteiger partial charge is 0.273 e. The van der Waals surface area contributed by atoms with Crippen LogP contribution >= 0.6 is 23.2 Å². The van der Waals surface area contributed by atoms with Gasteiger partial charge in [0.2, 0.25) is 5.89 Å². The average molecular weight is 475 g/mol. The first-order valence-electron chi connectivity index (χ1n) is 10.4. The fourth-order valence-electron chi connectivity index (χ4n) is 3.29. The molecule has 1 atom stereocenters. The van der Waals surface area contributed by atoms with Gasteiger partial charge in [0.25, 0.3) is 5.91 Å². The Labute approximate surface area is 199 Å². The van der Waals surface area contributed by atoms with Gasteiger partial charge in [0.05, 0.1) is 16.6 Å². The molecule has 32 heavy (non-hydrogen) atoms. The molecular formula is C24H28Cl2N4O2. The predicted octanol–water partition coefficient (Wildman–Crippen LogP) is 5.04. The van der Waals surface area contributed by atoms with E-state index in [1.165, 1.54) is 11.8 Å². The molecular weight excluding hydrogens is 447 g/mol. The third-order valence-electron chi connectivity index (χ3n) is 5.17. The van der Waals surface area contributed by atoms with E-state index >= 15 is 0 Å². The Bertz CT molecular complexity index is 1020. The van der Waals surface area contributed by atoms with E-state index in [1.807, 2.05) is 49.3 Å². The normalized spacial score (nSPS) is 12.3. The average Bonchev–Trinajstić information content (AvgIpc) is 3.24. The van der Waals surface area contributed by atoms with Crippen LogP contribution in [0, 0.1) is 0 Å². The number of halogens is 2. The lowest BCUT2D eigenvalue weighted by Gasteiger charge is -2.28. The second-order valence-electron chi connectivity index (χ2n) is 7.93. The van der Waals surface area contributed by atoms with E-state index in [0.717, 1.165) is 12.1 Å². The molecule has 0 bridgehead atoms. The van der Waals surface area contributed by atoms with Crippen LogP contribution in [0.25, 0.3) is 0 Å². The first-order valence-corrected chi connectivity index (χ1v) is 11.2. The zero-order valence-corrected chi connectivity index (χ0v) is 20.0. The summed E-state index contributed by atoms with van der Waals surface area (Å²) in [6.07, 6.45) is 1.41. The van der Waals surface area contributed by atoms with Crippen molar-refractivity contribution in [2.75, 3.05) is 27.2 Å². The van der Waals surface area contributed by atoms with Crippen molar-refractivity contribution in [2.45, 2.75) is 26.1 Å². The Balaban J connectivity index is 1.76. The number of carbonyl (C=O) groups is 1. The molecule has 0 saturated heterocycles. The summed E-state index contributed by atoms with van der Waals surface area (Å²) in [5.41, 5.74) is 2.47. The van der Waals surface area contributed by atoms with Crippen molar-refractivity contribution in [1.29, 1.82) is 0 Å². The fourth-order valence-corrected chi connectivity index (χ4v) is 3.61. The van der Waals surface area contributed by atoms with Crippen LogP contribution in [0.5, 0.6) is 0 Å². The largest absolute Gasteiger partial charge is 0.447 e. The number of benzene rings is 2. The molecule has 170 valence electrons. The summed E-state index contributed by atoms with van der Waals surface area (Å²) in [4.78, 5) is 21.0. The number of rotatable bonds is 10. The molecule has 0 aliphatic carbocycles. The van der Waals surface area contributed by atoms with Gasteiger partial charge < -0.3 is 14.6 Å². The van der Waals surface area contributed by atoms with E-state index in [1.54, 1.807) is 6.07 Å². The molecule has 1 amide bonds. The molecule has 0 aliphatic heterocycles. The topological polar surface area (TPSA) is 61.6 Å². The number of hydrogen-bond acceptors (Lipinski definition) is 5. The summed E-state index contributed by atoms with van der Waals surface area (Å²) in [6, 6.07) is 15.9. The zero-order valence-electron chi connectivity index (χ0n) is 18.5. The van der Waals surface area contributed by atoms with Gasteiger partial charge in [-0.15, -0.1) is 0 Å². The van der Waals surface area contributed by atoms with Crippen LogP contribution in [0.15, 0.2) is 59.2 Å². The predicted molar refractivity (Wildman–Crippen MR) is 128 cm³/mol. The van der Waals surface area contributed by atoms with E-state index in [4.69, 9.17) is 27.6 Å². The number of amides is 1.